The Kier molecular flexibility index (Phi) is 6.28. The van der Waals surface area contributed by atoms with Gasteiger partial charge >= 0.3 is 0 Å². The Balaban J connectivity index is 1.65. The number of fused-ring (bicyclic) bond motifs is 1. The van der Waals surface area contributed by atoms with Crippen LogP contribution in [0.25, 0.3) is 11.0 Å². The molecule has 170 valence electrons. The number of nitrogens with zero attached hydrogens (tertiary/aromatic N) is 2. The summed E-state index contributed by atoms with van der Waals surface area (Å²) in [6, 6.07) is 10.8. The van der Waals surface area contributed by atoms with Gasteiger partial charge in [-0.25, -0.2) is 17.2 Å². The SMILES string of the molecule is CC(NC(=O)c1ccc(Cl)cc1NS(=O)(=O)c1cccc2nsnc12)c1ccc(F)cc1F. The zero-order valence-corrected chi connectivity index (χ0v) is 19.2. The Bertz CT molecular complexity index is 1480. The van der Waals surface area contributed by atoms with Crippen LogP contribution in [-0.2, 0) is 10.0 Å². The molecule has 4 rings (SSSR count). The van der Waals surface area contributed by atoms with Gasteiger partial charge in [-0.1, -0.05) is 23.7 Å². The van der Waals surface area contributed by atoms with E-state index in [1.165, 1.54) is 43.3 Å². The predicted octanol–water partition coefficient (Wildman–Crippen LogP) is 4.91. The van der Waals surface area contributed by atoms with Gasteiger partial charge in [0.2, 0.25) is 0 Å². The van der Waals surface area contributed by atoms with E-state index in [1.807, 2.05) is 0 Å². The summed E-state index contributed by atoms with van der Waals surface area (Å²) in [5, 5.41) is 2.77. The molecule has 1 unspecified atom stereocenters. The average Bonchev–Trinajstić information content (AvgIpc) is 3.22. The molecule has 4 aromatic rings. The molecule has 0 spiro atoms. The lowest BCUT2D eigenvalue weighted by Crippen LogP contribution is -2.28. The standard InChI is InChI=1S/C21H15ClF2N4O3S2/c1-11(14-8-6-13(23)10-16(14)24)25-21(29)15-7-5-12(22)9-18(15)28-33(30,31)19-4-2-3-17-20(19)27-32-26-17/h2-11,28H,1H3,(H,25,29). The summed E-state index contributed by atoms with van der Waals surface area (Å²) < 4.78 is 63.9. The molecule has 0 aliphatic carbocycles. The molecular weight excluding hydrogens is 494 g/mol. The van der Waals surface area contributed by atoms with Crippen LogP contribution in [0, 0.1) is 11.6 Å². The highest BCUT2D eigenvalue weighted by molar-refractivity contribution is 7.93. The second-order valence-corrected chi connectivity index (χ2v) is 9.66. The third-order valence-corrected chi connectivity index (χ3v) is 6.96. The first kappa shape index (κ1) is 23.0. The van der Waals surface area contributed by atoms with Crippen LogP contribution >= 0.6 is 23.3 Å². The first-order valence-electron chi connectivity index (χ1n) is 9.45. The molecule has 0 aliphatic heterocycles. The summed E-state index contributed by atoms with van der Waals surface area (Å²) >= 11 is 6.91. The first-order valence-corrected chi connectivity index (χ1v) is 12.0. The fraction of sp³-hybridized carbons (Fsp3) is 0.0952. The monoisotopic (exact) mass is 508 g/mol. The van der Waals surface area contributed by atoms with Crippen molar-refractivity contribution in [3.05, 3.63) is 82.4 Å². The molecule has 0 saturated carbocycles. The van der Waals surface area contributed by atoms with Crippen LogP contribution in [0.2, 0.25) is 5.02 Å². The Hall–Kier alpha value is -3.15. The number of hydrogen-bond acceptors (Lipinski definition) is 6. The van der Waals surface area contributed by atoms with E-state index in [4.69, 9.17) is 11.6 Å². The van der Waals surface area contributed by atoms with Crippen molar-refractivity contribution in [2.24, 2.45) is 0 Å². The highest BCUT2D eigenvalue weighted by Crippen LogP contribution is 2.28. The third-order valence-electron chi connectivity index (χ3n) is 4.79. The van der Waals surface area contributed by atoms with E-state index in [0.29, 0.717) is 11.6 Å². The summed E-state index contributed by atoms with van der Waals surface area (Å²) in [5.74, 6) is -2.24. The fourth-order valence-corrected chi connectivity index (χ4v) is 5.21. The van der Waals surface area contributed by atoms with E-state index in [1.54, 1.807) is 6.07 Å². The lowest BCUT2D eigenvalue weighted by atomic mass is 10.1. The summed E-state index contributed by atoms with van der Waals surface area (Å²) in [6.45, 7) is 1.52. The van der Waals surface area contributed by atoms with Gasteiger partial charge < -0.3 is 5.32 Å². The summed E-state index contributed by atoms with van der Waals surface area (Å²) in [4.78, 5) is 12.8. The average molecular weight is 509 g/mol. The number of anilines is 1. The molecule has 7 nitrogen and oxygen atoms in total. The number of benzene rings is 3. The van der Waals surface area contributed by atoms with Crippen molar-refractivity contribution in [2.45, 2.75) is 17.9 Å². The number of aromatic nitrogens is 2. The van der Waals surface area contributed by atoms with Crippen molar-refractivity contribution in [1.29, 1.82) is 0 Å². The Morgan fingerprint density at radius 2 is 1.88 bits per heavy atom. The zero-order valence-electron chi connectivity index (χ0n) is 16.8. The molecule has 0 radical (unpaired) electrons. The van der Waals surface area contributed by atoms with Crippen molar-refractivity contribution in [3.8, 4) is 0 Å². The largest absolute Gasteiger partial charge is 0.345 e. The number of nitrogens with one attached hydrogen (secondary N) is 2. The fourth-order valence-electron chi connectivity index (χ4n) is 3.20. The van der Waals surface area contributed by atoms with Gasteiger partial charge in [0.15, 0.2) is 0 Å². The topological polar surface area (TPSA) is 101 Å². The Morgan fingerprint density at radius 1 is 1.09 bits per heavy atom. The van der Waals surface area contributed by atoms with Crippen LogP contribution in [0.5, 0.6) is 0 Å². The minimum atomic E-state index is -4.16. The summed E-state index contributed by atoms with van der Waals surface area (Å²) in [6.07, 6.45) is 0. The Morgan fingerprint density at radius 3 is 2.64 bits per heavy atom. The molecule has 1 atom stereocenters. The number of carbonyl (C=O) groups excluding carboxylic acids is 1. The van der Waals surface area contributed by atoms with E-state index < -0.39 is 33.6 Å². The van der Waals surface area contributed by atoms with Crippen molar-refractivity contribution in [1.82, 2.24) is 14.1 Å². The van der Waals surface area contributed by atoms with Crippen molar-refractivity contribution >= 4 is 56.0 Å². The van der Waals surface area contributed by atoms with Crippen LogP contribution in [0.3, 0.4) is 0 Å². The molecule has 0 saturated heterocycles. The molecule has 1 heterocycles. The smallest absolute Gasteiger partial charge is 0.264 e. The van der Waals surface area contributed by atoms with Gasteiger partial charge in [0.05, 0.1) is 29.0 Å². The van der Waals surface area contributed by atoms with Gasteiger partial charge in [-0.15, -0.1) is 0 Å². The van der Waals surface area contributed by atoms with Crippen LogP contribution in [-0.4, -0.2) is 23.1 Å². The molecule has 2 N–H and O–H groups in total. The van der Waals surface area contributed by atoms with Gasteiger partial charge in [-0.3, -0.25) is 9.52 Å². The number of sulfonamides is 1. The van der Waals surface area contributed by atoms with Gasteiger partial charge in [0.25, 0.3) is 15.9 Å². The van der Waals surface area contributed by atoms with Crippen LogP contribution in [0.1, 0.15) is 28.9 Å². The maximum absolute atomic E-state index is 14.1. The Labute approximate surface area is 196 Å². The second-order valence-electron chi connectivity index (χ2n) is 7.04. The van der Waals surface area contributed by atoms with E-state index in [9.17, 15) is 22.0 Å². The highest BCUT2D eigenvalue weighted by atomic mass is 35.5. The molecule has 12 heteroatoms. The van der Waals surface area contributed by atoms with Crippen molar-refractivity contribution < 1.29 is 22.0 Å². The van der Waals surface area contributed by atoms with Crippen molar-refractivity contribution in [2.75, 3.05) is 4.72 Å². The maximum atomic E-state index is 14.1. The van der Waals surface area contributed by atoms with Gasteiger partial charge in [-0.05, 0) is 43.3 Å². The molecule has 0 aliphatic rings. The normalized spacial score (nSPS) is 12.5. The minimum absolute atomic E-state index is 0.0408. The molecule has 1 amide bonds. The first-order chi connectivity index (χ1) is 15.7. The summed E-state index contributed by atoms with van der Waals surface area (Å²) in [7, 11) is -4.16. The van der Waals surface area contributed by atoms with Gasteiger partial charge in [0.1, 0.15) is 27.6 Å². The van der Waals surface area contributed by atoms with Crippen molar-refractivity contribution in [3.63, 3.8) is 0 Å². The highest BCUT2D eigenvalue weighted by Gasteiger charge is 2.24. The van der Waals surface area contributed by atoms with Gasteiger partial charge in [0, 0.05) is 16.7 Å². The molecular formula is C21H15ClF2N4O3S2. The number of carbonyl (C=O) groups is 1. The number of rotatable bonds is 6. The number of amides is 1. The number of halogens is 3. The third kappa shape index (κ3) is 4.80. The predicted molar refractivity (Wildman–Crippen MR) is 122 cm³/mol. The zero-order chi connectivity index (χ0) is 23.8. The maximum Gasteiger partial charge on any atom is 0.264 e. The number of hydrogen-bond donors (Lipinski definition) is 2. The van der Waals surface area contributed by atoms with E-state index in [-0.39, 0.29) is 32.2 Å². The lowest BCUT2D eigenvalue weighted by Gasteiger charge is -2.18. The van der Waals surface area contributed by atoms with Crippen LogP contribution in [0.15, 0.2) is 59.5 Å². The molecule has 33 heavy (non-hydrogen) atoms. The quantitative estimate of drug-likeness (QED) is 0.385. The van der Waals surface area contributed by atoms with Gasteiger partial charge in [-0.2, -0.15) is 8.75 Å². The lowest BCUT2D eigenvalue weighted by molar-refractivity contribution is 0.0940. The van der Waals surface area contributed by atoms with Crippen LogP contribution in [0.4, 0.5) is 14.5 Å². The second kappa shape index (κ2) is 9.00. The van der Waals surface area contributed by atoms with E-state index in [2.05, 4.69) is 18.8 Å². The van der Waals surface area contributed by atoms with E-state index >= 15 is 0 Å². The molecule has 3 aromatic carbocycles. The van der Waals surface area contributed by atoms with E-state index in [0.717, 1.165) is 17.8 Å². The molecule has 0 fully saturated rings. The minimum Gasteiger partial charge on any atom is -0.345 e. The van der Waals surface area contributed by atoms with Crippen LogP contribution < -0.4 is 10.0 Å². The molecule has 1 aromatic heterocycles. The molecule has 0 bridgehead atoms. The summed E-state index contributed by atoms with van der Waals surface area (Å²) in [5.41, 5.74) is 0.571.